The van der Waals surface area contributed by atoms with E-state index in [9.17, 15) is 0 Å². The maximum Gasteiger partial charge on any atom is 0.227 e. The average Bonchev–Trinajstić information content (AvgIpc) is 3.79. The lowest BCUT2D eigenvalue weighted by Gasteiger charge is -2.28. The smallest absolute Gasteiger partial charge is 0.227 e. The molecular formula is C47H33N3O. The second kappa shape index (κ2) is 12.0. The zero-order valence-electron chi connectivity index (χ0n) is 27.9. The summed E-state index contributed by atoms with van der Waals surface area (Å²) in [6.45, 7) is 0. The summed E-state index contributed by atoms with van der Waals surface area (Å²) in [6.07, 6.45) is 8.74. The van der Waals surface area contributed by atoms with Crippen LogP contribution < -0.4 is 4.90 Å². The first-order valence-corrected chi connectivity index (χ1v) is 17.5. The largest absolute Gasteiger partial charge is 0.436 e. The maximum absolute atomic E-state index is 6.32. The Bertz CT molecular complexity index is 2800. The van der Waals surface area contributed by atoms with Crippen molar-refractivity contribution in [2.24, 2.45) is 0 Å². The van der Waals surface area contributed by atoms with Gasteiger partial charge >= 0.3 is 0 Å². The molecule has 4 heteroatoms. The highest BCUT2D eigenvalue weighted by Gasteiger charge is 2.21. The van der Waals surface area contributed by atoms with Crippen LogP contribution >= 0.6 is 0 Å². The topological polar surface area (TPSA) is 34.2 Å². The van der Waals surface area contributed by atoms with E-state index in [1.165, 1.54) is 33.1 Å². The number of nitrogens with zero attached hydrogens (tertiary/aromatic N) is 3. The number of anilines is 3. The van der Waals surface area contributed by atoms with Gasteiger partial charge in [0.2, 0.25) is 5.89 Å². The highest BCUT2D eigenvalue weighted by Crippen LogP contribution is 2.44. The fraction of sp³-hybridized carbons (Fsp3) is 0.0426. The molecule has 51 heavy (non-hydrogen) atoms. The molecule has 4 nitrogen and oxygen atoms in total. The molecule has 242 valence electrons. The third-order valence-corrected chi connectivity index (χ3v) is 10.1. The number of fused-ring (bicyclic) bond motifs is 6. The van der Waals surface area contributed by atoms with E-state index in [-0.39, 0.29) is 0 Å². The van der Waals surface area contributed by atoms with Crippen molar-refractivity contribution in [3.63, 3.8) is 0 Å². The van der Waals surface area contributed by atoms with Gasteiger partial charge in [0, 0.05) is 44.4 Å². The minimum absolute atomic E-state index is 0.616. The van der Waals surface area contributed by atoms with Gasteiger partial charge in [0.25, 0.3) is 0 Å². The predicted molar refractivity (Wildman–Crippen MR) is 213 cm³/mol. The molecule has 0 saturated carbocycles. The van der Waals surface area contributed by atoms with Crippen molar-refractivity contribution < 1.29 is 4.42 Å². The maximum atomic E-state index is 6.32. The van der Waals surface area contributed by atoms with Crippen molar-refractivity contribution in [2.75, 3.05) is 4.90 Å². The van der Waals surface area contributed by atoms with Gasteiger partial charge in [-0.15, -0.1) is 0 Å². The van der Waals surface area contributed by atoms with E-state index in [4.69, 9.17) is 9.40 Å². The van der Waals surface area contributed by atoms with Gasteiger partial charge in [0.1, 0.15) is 5.52 Å². The summed E-state index contributed by atoms with van der Waals surface area (Å²) in [5.74, 6) is 0.616. The number of allylic oxidation sites excluding steroid dienone is 4. The Morgan fingerprint density at radius 3 is 2.20 bits per heavy atom. The number of oxazole rings is 1. The summed E-state index contributed by atoms with van der Waals surface area (Å²) < 4.78 is 8.78. The van der Waals surface area contributed by atoms with Crippen molar-refractivity contribution in [2.45, 2.75) is 12.8 Å². The predicted octanol–water partition coefficient (Wildman–Crippen LogP) is 13.1. The summed E-state index contributed by atoms with van der Waals surface area (Å²) in [4.78, 5) is 7.35. The third-order valence-electron chi connectivity index (χ3n) is 10.1. The summed E-state index contributed by atoms with van der Waals surface area (Å²) in [6, 6.07) is 56.0. The molecule has 0 unspecified atom stereocenters. The zero-order valence-corrected chi connectivity index (χ0v) is 27.9. The fourth-order valence-corrected chi connectivity index (χ4v) is 7.68. The number of hydrogen-bond acceptors (Lipinski definition) is 3. The fourth-order valence-electron chi connectivity index (χ4n) is 7.68. The van der Waals surface area contributed by atoms with Crippen molar-refractivity contribution in [3.05, 3.63) is 176 Å². The molecule has 0 fully saturated rings. The molecule has 10 rings (SSSR count). The molecule has 0 radical (unpaired) electrons. The van der Waals surface area contributed by atoms with Crippen LogP contribution in [0.15, 0.2) is 180 Å². The minimum atomic E-state index is 0.616. The lowest BCUT2D eigenvalue weighted by Crippen LogP contribution is -2.11. The van der Waals surface area contributed by atoms with Gasteiger partial charge in [-0.25, -0.2) is 4.98 Å². The van der Waals surface area contributed by atoms with E-state index >= 15 is 0 Å². The number of benzene rings is 7. The van der Waals surface area contributed by atoms with Gasteiger partial charge in [-0.2, -0.15) is 0 Å². The zero-order chi connectivity index (χ0) is 33.7. The lowest BCUT2D eigenvalue weighted by atomic mass is 10.0. The molecule has 2 aromatic heterocycles. The quantitative estimate of drug-likeness (QED) is 0.179. The van der Waals surface area contributed by atoms with Crippen molar-refractivity contribution in [3.8, 4) is 22.6 Å². The van der Waals surface area contributed by atoms with E-state index in [0.29, 0.717) is 5.89 Å². The van der Waals surface area contributed by atoms with E-state index in [1.807, 2.05) is 12.1 Å². The number of para-hydroxylation sites is 2. The van der Waals surface area contributed by atoms with Crippen molar-refractivity contribution >= 4 is 66.4 Å². The van der Waals surface area contributed by atoms with E-state index in [1.54, 1.807) is 0 Å². The summed E-state index contributed by atoms with van der Waals surface area (Å²) in [7, 11) is 0. The number of hydrogen-bond donors (Lipinski definition) is 0. The second-order valence-electron chi connectivity index (χ2n) is 13.1. The highest BCUT2D eigenvalue weighted by atomic mass is 16.3. The Labute approximate surface area is 295 Å². The average molecular weight is 656 g/mol. The van der Waals surface area contributed by atoms with Crippen LogP contribution in [0.25, 0.3) is 72.0 Å². The van der Waals surface area contributed by atoms with Gasteiger partial charge < -0.3 is 13.9 Å². The van der Waals surface area contributed by atoms with Crippen molar-refractivity contribution in [1.29, 1.82) is 0 Å². The molecule has 7 aromatic carbocycles. The first-order valence-electron chi connectivity index (χ1n) is 17.5. The molecular weight excluding hydrogens is 623 g/mol. The molecule has 9 aromatic rings. The van der Waals surface area contributed by atoms with Crippen LogP contribution in [0.4, 0.5) is 17.1 Å². The van der Waals surface area contributed by atoms with Crippen LogP contribution in [0.5, 0.6) is 0 Å². The molecule has 0 atom stereocenters. The molecule has 2 heterocycles. The SMILES string of the molecule is C1=CCCC(n2c3ccccc3c3ccc(N(c4ccc(-c5nc6c(ccc7ccccc76)o5)cc4)c4ccccc4-c4ccccc4)cc32)=C1. The third kappa shape index (κ3) is 4.95. The van der Waals surface area contributed by atoms with Crippen LogP contribution in [0, 0.1) is 0 Å². The first kappa shape index (κ1) is 29.3. The van der Waals surface area contributed by atoms with Crippen LogP contribution in [0.3, 0.4) is 0 Å². The van der Waals surface area contributed by atoms with Crippen LogP contribution in [0.1, 0.15) is 12.8 Å². The van der Waals surface area contributed by atoms with E-state index < -0.39 is 0 Å². The molecule has 1 aliphatic carbocycles. The number of aromatic nitrogens is 2. The molecule has 0 N–H and O–H groups in total. The molecule has 1 aliphatic rings. The monoisotopic (exact) mass is 655 g/mol. The van der Waals surface area contributed by atoms with Gasteiger partial charge in [-0.05, 0) is 84.5 Å². The van der Waals surface area contributed by atoms with Gasteiger partial charge in [0.15, 0.2) is 5.58 Å². The van der Waals surface area contributed by atoms with Crippen LogP contribution in [0.2, 0.25) is 0 Å². The normalized spacial score (nSPS) is 13.0. The summed E-state index contributed by atoms with van der Waals surface area (Å²) in [5, 5.41) is 4.76. The van der Waals surface area contributed by atoms with Gasteiger partial charge in [0.05, 0.1) is 16.7 Å². The Balaban J connectivity index is 1.16. The molecule has 0 aliphatic heterocycles. The Kier molecular flexibility index (Phi) is 6.91. The molecule has 0 bridgehead atoms. The van der Waals surface area contributed by atoms with Gasteiger partial charge in [-0.3, -0.25) is 0 Å². The van der Waals surface area contributed by atoms with Gasteiger partial charge in [-0.1, -0.05) is 115 Å². The second-order valence-corrected chi connectivity index (χ2v) is 13.1. The van der Waals surface area contributed by atoms with E-state index in [0.717, 1.165) is 62.9 Å². The Morgan fingerprint density at radius 2 is 1.33 bits per heavy atom. The van der Waals surface area contributed by atoms with Crippen molar-refractivity contribution in [1.82, 2.24) is 9.55 Å². The highest BCUT2D eigenvalue weighted by molar-refractivity contribution is 6.11. The van der Waals surface area contributed by atoms with Crippen LogP contribution in [-0.4, -0.2) is 9.55 Å². The lowest BCUT2D eigenvalue weighted by molar-refractivity contribution is 0.620. The molecule has 0 saturated heterocycles. The standard InChI is InChI=1S/C47H33N3O/c1-3-13-32(14-4-1)38-18-9-11-21-42(38)49(36-26-23-34(24-27-36)47-48-46-39-19-8-7-15-33(39)25-30-45(46)51-47)37-28-29-41-40-20-10-12-22-43(40)50(44(41)31-37)35-16-5-2-6-17-35/h1-5,7-16,18-31H,6,17H2. The van der Waals surface area contributed by atoms with Crippen LogP contribution in [-0.2, 0) is 0 Å². The Hall–Kier alpha value is -6.65. The molecule has 0 spiro atoms. The molecule has 0 amide bonds. The first-order chi connectivity index (χ1) is 25.3. The summed E-state index contributed by atoms with van der Waals surface area (Å²) in [5.41, 5.74) is 11.9. The number of rotatable bonds is 6. The minimum Gasteiger partial charge on any atom is -0.436 e. The summed E-state index contributed by atoms with van der Waals surface area (Å²) >= 11 is 0. The Morgan fingerprint density at radius 1 is 0.588 bits per heavy atom. The van der Waals surface area contributed by atoms with E-state index in [2.05, 4.69) is 173 Å².